The molecule has 0 saturated heterocycles. The minimum absolute atomic E-state index is 0.312. The molecule has 0 aliphatic rings. The molecule has 2 rings (SSSR count). The van der Waals surface area contributed by atoms with E-state index in [0.717, 1.165) is 0 Å². The minimum atomic E-state index is -0.975. The summed E-state index contributed by atoms with van der Waals surface area (Å²) in [6.45, 7) is 0. The number of hydrogen-bond donors (Lipinski definition) is 2. The Bertz CT molecular complexity index is 550. The van der Waals surface area contributed by atoms with Gasteiger partial charge in [-0.25, -0.2) is 0 Å². The van der Waals surface area contributed by atoms with Crippen molar-refractivity contribution in [3.05, 3.63) is 71.8 Å². The van der Waals surface area contributed by atoms with Gasteiger partial charge in [0.05, 0.1) is 12.2 Å². The van der Waals surface area contributed by atoms with Gasteiger partial charge in [0, 0.05) is 0 Å². The van der Waals surface area contributed by atoms with Crippen molar-refractivity contribution < 1.29 is 15.0 Å². The largest absolute Gasteiger partial charge is 0.387 e. The molecular formula is C17H16Br2O3. The third-order valence-electron chi connectivity index (χ3n) is 3.38. The van der Waals surface area contributed by atoms with Crippen LogP contribution in [-0.2, 0) is 4.79 Å². The second-order valence-corrected chi connectivity index (χ2v) is 6.89. The smallest absolute Gasteiger partial charge is 0.166 e. The van der Waals surface area contributed by atoms with Crippen molar-refractivity contribution in [2.45, 2.75) is 21.9 Å². The number of hydrogen-bond acceptors (Lipinski definition) is 3. The van der Waals surface area contributed by atoms with E-state index in [1.807, 2.05) is 12.1 Å². The van der Waals surface area contributed by atoms with Crippen LogP contribution in [-0.4, -0.2) is 25.7 Å². The van der Waals surface area contributed by atoms with E-state index in [2.05, 4.69) is 31.9 Å². The van der Waals surface area contributed by atoms with Gasteiger partial charge in [-0.15, -0.1) is 0 Å². The number of aliphatic hydroxyl groups is 2. The molecular weight excluding hydrogens is 412 g/mol. The molecule has 0 saturated carbocycles. The van der Waals surface area contributed by atoms with Crippen LogP contribution in [0.15, 0.2) is 60.7 Å². The fourth-order valence-corrected chi connectivity index (χ4v) is 3.64. The summed E-state index contributed by atoms with van der Waals surface area (Å²) in [5, 5.41) is 20.6. The van der Waals surface area contributed by atoms with E-state index < -0.39 is 21.9 Å². The van der Waals surface area contributed by atoms with Gasteiger partial charge in [-0.1, -0.05) is 92.5 Å². The van der Waals surface area contributed by atoms with Crippen LogP contribution in [0, 0.1) is 0 Å². The van der Waals surface area contributed by atoms with Gasteiger partial charge in [-0.05, 0) is 11.1 Å². The number of ketones is 1. The van der Waals surface area contributed by atoms with Gasteiger partial charge >= 0.3 is 0 Å². The van der Waals surface area contributed by atoms with Crippen molar-refractivity contribution in [3.8, 4) is 0 Å². The van der Waals surface area contributed by atoms with E-state index >= 15 is 0 Å². The van der Waals surface area contributed by atoms with E-state index in [9.17, 15) is 15.0 Å². The number of rotatable bonds is 6. The number of halogens is 2. The third kappa shape index (κ3) is 4.04. The maximum Gasteiger partial charge on any atom is 0.166 e. The lowest BCUT2D eigenvalue weighted by Crippen LogP contribution is -2.33. The Morgan fingerprint density at radius 2 is 1.05 bits per heavy atom. The first-order valence-electron chi connectivity index (χ1n) is 6.80. The van der Waals surface area contributed by atoms with Gasteiger partial charge in [0.2, 0.25) is 0 Å². The summed E-state index contributed by atoms with van der Waals surface area (Å²) >= 11 is 6.49. The Labute approximate surface area is 146 Å². The highest BCUT2D eigenvalue weighted by Gasteiger charge is 2.34. The number of Topliss-reactive ketones (excluding diaryl/α,β-unsaturated/α-hetero) is 1. The maximum atomic E-state index is 12.5. The average Bonchev–Trinajstić information content (AvgIpc) is 2.60. The van der Waals surface area contributed by atoms with E-state index in [1.165, 1.54) is 0 Å². The van der Waals surface area contributed by atoms with Crippen LogP contribution in [0.1, 0.15) is 23.3 Å². The first kappa shape index (κ1) is 17.3. The van der Waals surface area contributed by atoms with E-state index in [1.54, 1.807) is 48.5 Å². The Balaban J connectivity index is 2.10. The summed E-state index contributed by atoms with van der Waals surface area (Å²) in [4.78, 5) is 10.8. The Morgan fingerprint density at radius 3 is 1.36 bits per heavy atom. The van der Waals surface area contributed by atoms with Crippen molar-refractivity contribution in [1.29, 1.82) is 0 Å². The zero-order valence-corrected chi connectivity index (χ0v) is 14.8. The van der Waals surface area contributed by atoms with Gasteiger partial charge < -0.3 is 10.2 Å². The van der Waals surface area contributed by atoms with Crippen LogP contribution < -0.4 is 0 Å². The molecule has 116 valence electrons. The van der Waals surface area contributed by atoms with Crippen LogP contribution in [0.5, 0.6) is 0 Å². The van der Waals surface area contributed by atoms with Crippen LogP contribution in [0.25, 0.3) is 0 Å². The van der Waals surface area contributed by atoms with Crippen LogP contribution in [0.3, 0.4) is 0 Å². The highest BCUT2D eigenvalue weighted by molar-refractivity contribution is 9.10. The zero-order chi connectivity index (χ0) is 16.1. The molecule has 0 spiro atoms. The molecule has 2 N–H and O–H groups in total. The van der Waals surface area contributed by atoms with Crippen molar-refractivity contribution in [3.63, 3.8) is 0 Å². The molecule has 5 heteroatoms. The highest BCUT2D eigenvalue weighted by Crippen LogP contribution is 2.30. The summed E-state index contributed by atoms with van der Waals surface area (Å²) in [7, 11) is 0. The number of alkyl halides is 2. The standard InChI is InChI=1S/C17H16Br2O3/c18-13(15(20)11-7-3-1-4-8-11)17(22)14(19)16(21)12-9-5-2-6-10-12/h1-10,13-16,20-21H/t13-,14+,15-,16-/m1/s1. The topological polar surface area (TPSA) is 57.5 Å². The summed E-state index contributed by atoms with van der Waals surface area (Å²) in [6.07, 6.45) is -1.95. The molecule has 0 unspecified atom stereocenters. The van der Waals surface area contributed by atoms with E-state index in [0.29, 0.717) is 11.1 Å². The molecule has 0 aliphatic heterocycles. The average molecular weight is 428 g/mol. The first-order valence-corrected chi connectivity index (χ1v) is 8.63. The summed E-state index contributed by atoms with van der Waals surface area (Å²) < 4.78 is 0. The molecule has 2 aromatic rings. The number of carbonyl (C=O) groups is 1. The highest BCUT2D eigenvalue weighted by atomic mass is 79.9. The predicted molar refractivity (Wildman–Crippen MR) is 93.2 cm³/mol. The number of carbonyl (C=O) groups excluding carboxylic acids is 1. The van der Waals surface area contributed by atoms with E-state index in [-0.39, 0.29) is 5.78 Å². The molecule has 3 nitrogen and oxygen atoms in total. The first-order chi connectivity index (χ1) is 10.5. The fraction of sp³-hybridized carbons (Fsp3) is 0.235. The maximum absolute atomic E-state index is 12.5. The molecule has 2 aromatic carbocycles. The van der Waals surface area contributed by atoms with Gasteiger partial charge in [0.1, 0.15) is 9.65 Å². The van der Waals surface area contributed by atoms with Gasteiger partial charge in [0.15, 0.2) is 5.78 Å². The Kier molecular flexibility index (Phi) is 6.32. The lowest BCUT2D eigenvalue weighted by atomic mass is 9.98. The van der Waals surface area contributed by atoms with Crippen LogP contribution in [0.2, 0.25) is 0 Å². The van der Waals surface area contributed by atoms with Crippen molar-refractivity contribution >= 4 is 37.6 Å². The van der Waals surface area contributed by atoms with Crippen molar-refractivity contribution in [2.24, 2.45) is 0 Å². The predicted octanol–water partition coefficient (Wildman–Crippen LogP) is 3.55. The zero-order valence-electron chi connectivity index (χ0n) is 11.6. The number of aliphatic hydroxyl groups excluding tert-OH is 2. The second-order valence-electron chi connectivity index (χ2n) is 4.92. The molecule has 0 aliphatic carbocycles. The quantitative estimate of drug-likeness (QED) is 0.693. The third-order valence-corrected chi connectivity index (χ3v) is 5.28. The van der Waals surface area contributed by atoms with Crippen LogP contribution >= 0.6 is 31.9 Å². The molecule has 4 atom stereocenters. The summed E-state index contributed by atoms with van der Waals surface area (Å²) in [5.41, 5.74) is 1.29. The SMILES string of the molecule is O=C([C@@H](Br)[C@H](O)c1ccccc1)[C@H](Br)[C@H](O)c1ccccc1. The molecule has 0 heterocycles. The minimum Gasteiger partial charge on any atom is -0.387 e. The normalized spacial score (nSPS) is 16.5. The Hall–Kier alpha value is -1.01. The second kappa shape index (κ2) is 8.02. The van der Waals surface area contributed by atoms with Gasteiger partial charge in [-0.3, -0.25) is 4.79 Å². The molecule has 0 fully saturated rings. The Morgan fingerprint density at radius 1 is 0.727 bits per heavy atom. The molecule has 0 aromatic heterocycles. The van der Waals surface area contributed by atoms with Crippen molar-refractivity contribution in [1.82, 2.24) is 0 Å². The molecule has 0 amide bonds. The van der Waals surface area contributed by atoms with E-state index in [4.69, 9.17) is 0 Å². The number of benzene rings is 2. The molecule has 0 radical (unpaired) electrons. The summed E-state index contributed by atoms with van der Waals surface area (Å²) in [6, 6.07) is 17.9. The summed E-state index contributed by atoms with van der Waals surface area (Å²) in [5.74, 6) is -0.312. The van der Waals surface area contributed by atoms with Crippen LogP contribution in [0.4, 0.5) is 0 Å². The van der Waals surface area contributed by atoms with Gasteiger partial charge in [0.25, 0.3) is 0 Å². The molecule has 0 bridgehead atoms. The van der Waals surface area contributed by atoms with Crippen molar-refractivity contribution in [2.75, 3.05) is 0 Å². The molecule has 22 heavy (non-hydrogen) atoms. The van der Waals surface area contributed by atoms with Gasteiger partial charge in [-0.2, -0.15) is 0 Å². The lowest BCUT2D eigenvalue weighted by molar-refractivity contribution is -0.121. The lowest BCUT2D eigenvalue weighted by Gasteiger charge is -2.22. The monoisotopic (exact) mass is 426 g/mol. The fourth-order valence-electron chi connectivity index (χ4n) is 2.10.